The van der Waals surface area contributed by atoms with Gasteiger partial charge in [-0.05, 0) is 6.07 Å². The smallest absolute Gasteiger partial charge is 0.127 e. The van der Waals surface area contributed by atoms with Gasteiger partial charge in [-0.15, -0.1) is 0 Å². The summed E-state index contributed by atoms with van der Waals surface area (Å²) in [5.41, 5.74) is 1.38. The molecule has 11 heavy (non-hydrogen) atoms. The third-order valence-electron chi connectivity index (χ3n) is 1.37. The SMILES string of the molecule is Fc1ccccc1CNCBr. The zero-order valence-corrected chi connectivity index (χ0v) is 7.57. The standard InChI is InChI=1S/C8H9BrFN/c9-6-11-5-7-3-1-2-4-8(7)10/h1-4,11H,5-6H2. The van der Waals surface area contributed by atoms with Gasteiger partial charge in [0.2, 0.25) is 0 Å². The zero-order chi connectivity index (χ0) is 8.10. The van der Waals surface area contributed by atoms with Crippen LogP contribution >= 0.6 is 15.9 Å². The Hall–Kier alpha value is -0.410. The van der Waals surface area contributed by atoms with Crippen LogP contribution in [0, 0.1) is 5.82 Å². The number of nitrogens with one attached hydrogen (secondary N) is 1. The van der Waals surface area contributed by atoms with Crippen molar-refractivity contribution in [1.82, 2.24) is 5.32 Å². The highest BCUT2D eigenvalue weighted by Crippen LogP contribution is 2.05. The highest BCUT2D eigenvalue weighted by atomic mass is 79.9. The first-order chi connectivity index (χ1) is 5.34. The Morgan fingerprint density at radius 3 is 2.73 bits per heavy atom. The van der Waals surface area contributed by atoms with Crippen molar-refractivity contribution in [3.63, 3.8) is 0 Å². The maximum absolute atomic E-state index is 12.9. The summed E-state index contributed by atoms with van der Waals surface area (Å²) in [6, 6.07) is 6.75. The molecule has 0 saturated heterocycles. The first-order valence-electron chi connectivity index (χ1n) is 3.34. The molecular formula is C8H9BrFN. The fourth-order valence-electron chi connectivity index (χ4n) is 0.824. The second-order valence-corrected chi connectivity index (χ2v) is 2.71. The van der Waals surface area contributed by atoms with Crippen LogP contribution in [0.5, 0.6) is 0 Å². The molecule has 1 nitrogen and oxygen atoms in total. The predicted molar refractivity (Wildman–Crippen MR) is 47.0 cm³/mol. The summed E-state index contributed by atoms with van der Waals surface area (Å²) in [6.07, 6.45) is 0. The molecule has 0 aliphatic rings. The summed E-state index contributed by atoms with van der Waals surface area (Å²) >= 11 is 3.20. The van der Waals surface area contributed by atoms with Crippen molar-refractivity contribution < 1.29 is 4.39 Å². The molecule has 1 aromatic carbocycles. The summed E-state index contributed by atoms with van der Waals surface area (Å²) < 4.78 is 12.9. The topological polar surface area (TPSA) is 12.0 Å². The number of alkyl halides is 1. The highest BCUT2D eigenvalue weighted by molar-refractivity contribution is 9.09. The van der Waals surface area contributed by atoms with Crippen LogP contribution in [0.2, 0.25) is 0 Å². The molecule has 3 heteroatoms. The molecule has 0 fully saturated rings. The second-order valence-electron chi connectivity index (χ2n) is 2.15. The average molecular weight is 218 g/mol. The molecule has 0 unspecified atom stereocenters. The van der Waals surface area contributed by atoms with Gasteiger partial charge in [-0.25, -0.2) is 4.39 Å². The lowest BCUT2D eigenvalue weighted by molar-refractivity contribution is 0.600. The van der Waals surface area contributed by atoms with Gasteiger partial charge in [-0.3, -0.25) is 0 Å². The average Bonchev–Trinajstić information content (AvgIpc) is 2.03. The largest absolute Gasteiger partial charge is 0.303 e. The molecule has 0 aromatic heterocycles. The fourth-order valence-corrected chi connectivity index (χ4v) is 1.02. The summed E-state index contributed by atoms with van der Waals surface area (Å²) in [5, 5.41) is 2.98. The van der Waals surface area contributed by atoms with Gasteiger partial charge in [0.15, 0.2) is 0 Å². The normalized spacial score (nSPS) is 10.0. The molecule has 0 amide bonds. The minimum Gasteiger partial charge on any atom is -0.303 e. The molecule has 1 aromatic rings. The van der Waals surface area contributed by atoms with Gasteiger partial charge in [0.05, 0.1) is 5.45 Å². The number of benzene rings is 1. The summed E-state index contributed by atoms with van der Waals surface area (Å²) in [7, 11) is 0. The predicted octanol–water partition coefficient (Wildman–Crippen LogP) is 2.27. The lowest BCUT2D eigenvalue weighted by atomic mass is 10.2. The van der Waals surface area contributed by atoms with Crippen molar-refractivity contribution in [3.05, 3.63) is 35.6 Å². The number of rotatable bonds is 3. The van der Waals surface area contributed by atoms with E-state index in [9.17, 15) is 4.39 Å². The first-order valence-corrected chi connectivity index (χ1v) is 4.47. The molecule has 0 aliphatic carbocycles. The van der Waals surface area contributed by atoms with Gasteiger partial charge in [-0.2, -0.15) is 0 Å². The van der Waals surface area contributed by atoms with E-state index in [4.69, 9.17) is 0 Å². The van der Waals surface area contributed by atoms with Crippen LogP contribution in [-0.4, -0.2) is 5.45 Å². The fraction of sp³-hybridized carbons (Fsp3) is 0.250. The zero-order valence-electron chi connectivity index (χ0n) is 5.98. The van der Waals surface area contributed by atoms with Crippen LogP contribution in [0.25, 0.3) is 0 Å². The molecule has 0 spiro atoms. The summed E-state index contributed by atoms with van der Waals surface area (Å²) in [6.45, 7) is 0.567. The molecule has 0 atom stereocenters. The highest BCUT2D eigenvalue weighted by Gasteiger charge is 1.97. The van der Waals surface area contributed by atoms with Gasteiger partial charge in [0.1, 0.15) is 5.82 Å². The van der Waals surface area contributed by atoms with Crippen molar-refractivity contribution in [3.8, 4) is 0 Å². The van der Waals surface area contributed by atoms with E-state index < -0.39 is 0 Å². The van der Waals surface area contributed by atoms with Crippen molar-refractivity contribution in [2.45, 2.75) is 6.54 Å². The van der Waals surface area contributed by atoms with Crippen LogP contribution < -0.4 is 5.32 Å². The second kappa shape index (κ2) is 4.46. The van der Waals surface area contributed by atoms with E-state index in [1.165, 1.54) is 6.07 Å². The summed E-state index contributed by atoms with van der Waals surface area (Å²) in [4.78, 5) is 0. The van der Waals surface area contributed by atoms with Crippen molar-refractivity contribution in [2.75, 3.05) is 5.45 Å². The van der Waals surface area contributed by atoms with Crippen LogP contribution in [-0.2, 0) is 6.54 Å². The Bertz CT molecular complexity index is 227. The number of halogens is 2. The quantitative estimate of drug-likeness (QED) is 0.606. The van der Waals surface area contributed by atoms with Gasteiger partial charge in [-0.1, -0.05) is 34.1 Å². The van der Waals surface area contributed by atoms with Gasteiger partial charge in [0.25, 0.3) is 0 Å². The van der Waals surface area contributed by atoms with E-state index in [1.54, 1.807) is 12.1 Å². The van der Waals surface area contributed by atoms with Crippen molar-refractivity contribution in [1.29, 1.82) is 0 Å². The number of hydrogen-bond donors (Lipinski definition) is 1. The molecule has 1 rings (SSSR count). The molecule has 0 bridgehead atoms. The van der Waals surface area contributed by atoms with Crippen LogP contribution in [0.15, 0.2) is 24.3 Å². The Balaban J connectivity index is 2.62. The lowest BCUT2D eigenvalue weighted by Crippen LogP contribution is -2.10. The third kappa shape index (κ3) is 2.60. The Kier molecular flexibility index (Phi) is 3.52. The van der Waals surface area contributed by atoms with E-state index in [0.717, 1.165) is 0 Å². The molecule has 1 N–H and O–H groups in total. The molecule has 0 radical (unpaired) electrons. The van der Waals surface area contributed by atoms with E-state index in [2.05, 4.69) is 21.2 Å². The maximum atomic E-state index is 12.9. The molecule has 60 valence electrons. The first kappa shape index (κ1) is 8.68. The summed E-state index contributed by atoms with van der Waals surface area (Å²) in [5.74, 6) is -0.152. The molecule has 0 aliphatic heterocycles. The maximum Gasteiger partial charge on any atom is 0.127 e. The monoisotopic (exact) mass is 217 g/mol. The Morgan fingerprint density at radius 2 is 2.09 bits per heavy atom. The van der Waals surface area contributed by atoms with Gasteiger partial charge < -0.3 is 5.32 Å². The van der Waals surface area contributed by atoms with Crippen LogP contribution in [0.1, 0.15) is 5.56 Å². The lowest BCUT2D eigenvalue weighted by Gasteiger charge is -2.01. The van der Waals surface area contributed by atoms with Gasteiger partial charge >= 0.3 is 0 Å². The minimum atomic E-state index is -0.152. The van der Waals surface area contributed by atoms with Crippen molar-refractivity contribution >= 4 is 15.9 Å². The van der Waals surface area contributed by atoms with E-state index in [0.29, 0.717) is 17.6 Å². The van der Waals surface area contributed by atoms with E-state index in [1.807, 2.05) is 6.07 Å². The number of hydrogen-bond acceptors (Lipinski definition) is 1. The molecule has 0 saturated carbocycles. The van der Waals surface area contributed by atoms with Crippen molar-refractivity contribution in [2.24, 2.45) is 0 Å². The van der Waals surface area contributed by atoms with E-state index >= 15 is 0 Å². The molecule has 0 heterocycles. The molecular weight excluding hydrogens is 209 g/mol. The van der Waals surface area contributed by atoms with Crippen LogP contribution in [0.3, 0.4) is 0 Å². The minimum absolute atomic E-state index is 0.152. The third-order valence-corrected chi connectivity index (χ3v) is 1.76. The Morgan fingerprint density at radius 1 is 1.36 bits per heavy atom. The Labute approximate surface area is 73.7 Å². The van der Waals surface area contributed by atoms with Crippen LogP contribution in [0.4, 0.5) is 4.39 Å². The van der Waals surface area contributed by atoms with Gasteiger partial charge in [0, 0.05) is 12.1 Å². The van der Waals surface area contributed by atoms with E-state index in [-0.39, 0.29) is 5.82 Å².